The third-order valence-electron chi connectivity index (χ3n) is 5.79. The van der Waals surface area contributed by atoms with Crippen molar-refractivity contribution in [2.75, 3.05) is 25.5 Å². The molecule has 1 aliphatic rings. The molecule has 0 aromatic heterocycles. The van der Waals surface area contributed by atoms with Crippen molar-refractivity contribution in [3.05, 3.63) is 65.2 Å². The molecule has 2 aromatic carbocycles. The van der Waals surface area contributed by atoms with Crippen LogP contribution in [0.4, 0.5) is 5.69 Å². The third kappa shape index (κ3) is 7.20. The number of anilines is 1. The van der Waals surface area contributed by atoms with Gasteiger partial charge < -0.3 is 16.0 Å². The Morgan fingerprint density at radius 3 is 2.53 bits per heavy atom. The molecule has 0 saturated heterocycles. The zero-order valence-electron chi connectivity index (χ0n) is 19.5. The van der Waals surface area contributed by atoms with E-state index in [0.717, 1.165) is 24.7 Å². The fourth-order valence-electron chi connectivity index (χ4n) is 3.73. The van der Waals surface area contributed by atoms with E-state index in [-0.39, 0.29) is 35.8 Å². The standard InChI is InChI=1S/C25H35N5O.HI/c1-5-26-25(27-15-19-10-6-7-11-20(19)17-30(4)18(2)3)28-16-21-14-24(31)29-23-13-9-8-12-22(21)23;/h6-13,18,21H,5,14-17H2,1-4H3,(H,29,31)(H2,26,27,28);1H. The molecular formula is C25H36IN5O. The first-order valence-electron chi connectivity index (χ1n) is 11.2. The number of fused-ring (bicyclic) bond motifs is 1. The Bertz CT molecular complexity index is 915. The Morgan fingerprint density at radius 2 is 1.81 bits per heavy atom. The Labute approximate surface area is 209 Å². The maximum Gasteiger partial charge on any atom is 0.225 e. The number of rotatable bonds is 8. The summed E-state index contributed by atoms with van der Waals surface area (Å²) in [6.07, 6.45) is 0.480. The fourth-order valence-corrected chi connectivity index (χ4v) is 3.73. The van der Waals surface area contributed by atoms with Gasteiger partial charge in [0.15, 0.2) is 5.96 Å². The summed E-state index contributed by atoms with van der Waals surface area (Å²) >= 11 is 0. The Kier molecular flexibility index (Phi) is 10.4. The molecule has 3 rings (SSSR count). The van der Waals surface area contributed by atoms with E-state index in [0.29, 0.717) is 25.6 Å². The van der Waals surface area contributed by atoms with Crippen LogP contribution in [-0.2, 0) is 17.9 Å². The summed E-state index contributed by atoms with van der Waals surface area (Å²) in [5, 5.41) is 9.75. The molecule has 1 heterocycles. The Morgan fingerprint density at radius 1 is 1.12 bits per heavy atom. The number of para-hydroxylation sites is 1. The molecule has 32 heavy (non-hydrogen) atoms. The van der Waals surface area contributed by atoms with Crippen LogP contribution in [0.15, 0.2) is 53.5 Å². The quantitative estimate of drug-likeness (QED) is 0.261. The topological polar surface area (TPSA) is 68.8 Å². The van der Waals surface area contributed by atoms with Crippen molar-refractivity contribution < 1.29 is 4.79 Å². The van der Waals surface area contributed by atoms with Crippen molar-refractivity contribution in [2.24, 2.45) is 4.99 Å². The number of carbonyl (C=O) groups excluding carboxylic acids is 1. The first kappa shape index (κ1) is 26.1. The highest BCUT2D eigenvalue weighted by Crippen LogP contribution is 2.31. The number of hydrogen-bond acceptors (Lipinski definition) is 3. The second-order valence-electron chi connectivity index (χ2n) is 8.39. The molecule has 1 atom stereocenters. The molecule has 2 aromatic rings. The average Bonchev–Trinajstić information content (AvgIpc) is 2.76. The molecule has 0 fully saturated rings. The van der Waals surface area contributed by atoms with Crippen LogP contribution in [0.2, 0.25) is 0 Å². The molecule has 0 radical (unpaired) electrons. The van der Waals surface area contributed by atoms with E-state index in [9.17, 15) is 4.79 Å². The first-order chi connectivity index (χ1) is 15.0. The summed E-state index contributed by atoms with van der Waals surface area (Å²) in [6, 6.07) is 17.0. The number of guanidine groups is 1. The second-order valence-corrected chi connectivity index (χ2v) is 8.39. The number of hydrogen-bond donors (Lipinski definition) is 3. The number of nitrogens with one attached hydrogen (secondary N) is 3. The molecule has 7 heteroatoms. The minimum Gasteiger partial charge on any atom is -0.357 e. The zero-order valence-corrected chi connectivity index (χ0v) is 21.9. The van der Waals surface area contributed by atoms with Crippen molar-refractivity contribution in [1.29, 1.82) is 0 Å². The highest BCUT2D eigenvalue weighted by Gasteiger charge is 2.24. The van der Waals surface area contributed by atoms with Gasteiger partial charge in [-0.1, -0.05) is 42.5 Å². The van der Waals surface area contributed by atoms with Crippen LogP contribution in [0, 0.1) is 0 Å². The largest absolute Gasteiger partial charge is 0.357 e. The molecule has 1 aliphatic heterocycles. The van der Waals surface area contributed by atoms with Crippen LogP contribution >= 0.6 is 24.0 Å². The summed E-state index contributed by atoms with van der Waals surface area (Å²) in [4.78, 5) is 19.3. The Hall–Kier alpha value is -2.13. The van der Waals surface area contributed by atoms with Gasteiger partial charge in [0.05, 0.1) is 6.54 Å². The normalized spacial score (nSPS) is 15.8. The molecule has 0 saturated carbocycles. The monoisotopic (exact) mass is 549 g/mol. The summed E-state index contributed by atoms with van der Waals surface area (Å²) < 4.78 is 0. The van der Waals surface area contributed by atoms with Gasteiger partial charge in [-0.3, -0.25) is 9.69 Å². The number of nitrogens with zero attached hydrogens (tertiary/aromatic N) is 2. The molecule has 3 N–H and O–H groups in total. The fraction of sp³-hybridized carbons (Fsp3) is 0.440. The summed E-state index contributed by atoms with van der Waals surface area (Å²) in [5.74, 6) is 0.967. The van der Waals surface area contributed by atoms with Gasteiger partial charge >= 0.3 is 0 Å². The summed E-state index contributed by atoms with van der Waals surface area (Å²) in [6.45, 7) is 9.43. The molecule has 0 spiro atoms. The number of aliphatic imine (C=N–C) groups is 1. The van der Waals surface area contributed by atoms with Gasteiger partial charge in [-0.25, -0.2) is 4.99 Å². The minimum atomic E-state index is 0. The minimum absolute atomic E-state index is 0. The highest BCUT2D eigenvalue weighted by molar-refractivity contribution is 14.0. The van der Waals surface area contributed by atoms with E-state index in [1.54, 1.807) is 0 Å². The van der Waals surface area contributed by atoms with Crippen LogP contribution in [-0.4, -0.2) is 42.9 Å². The number of amides is 1. The highest BCUT2D eigenvalue weighted by atomic mass is 127. The van der Waals surface area contributed by atoms with E-state index >= 15 is 0 Å². The van der Waals surface area contributed by atoms with Gasteiger partial charge in [0.1, 0.15) is 0 Å². The molecule has 0 bridgehead atoms. The van der Waals surface area contributed by atoms with Crippen molar-refractivity contribution in [3.63, 3.8) is 0 Å². The second kappa shape index (κ2) is 12.8. The van der Waals surface area contributed by atoms with Crippen LogP contribution in [0.25, 0.3) is 0 Å². The lowest BCUT2D eigenvalue weighted by molar-refractivity contribution is -0.116. The predicted molar refractivity (Wildman–Crippen MR) is 144 cm³/mol. The number of halogens is 1. The van der Waals surface area contributed by atoms with Gasteiger partial charge in [-0.05, 0) is 50.6 Å². The van der Waals surface area contributed by atoms with E-state index in [4.69, 9.17) is 4.99 Å². The molecule has 6 nitrogen and oxygen atoms in total. The molecular weight excluding hydrogens is 513 g/mol. The van der Waals surface area contributed by atoms with Gasteiger partial charge in [-0.2, -0.15) is 0 Å². The third-order valence-corrected chi connectivity index (χ3v) is 5.79. The zero-order chi connectivity index (χ0) is 22.2. The predicted octanol–water partition coefficient (Wildman–Crippen LogP) is 4.33. The lowest BCUT2D eigenvalue weighted by atomic mass is 9.90. The van der Waals surface area contributed by atoms with E-state index in [1.165, 1.54) is 16.7 Å². The summed E-state index contributed by atoms with van der Waals surface area (Å²) in [7, 11) is 2.15. The average molecular weight is 550 g/mol. The van der Waals surface area contributed by atoms with Gasteiger partial charge in [0.25, 0.3) is 0 Å². The smallest absolute Gasteiger partial charge is 0.225 e. The maximum absolute atomic E-state index is 12.1. The van der Waals surface area contributed by atoms with Crippen LogP contribution < -0.4 is 16.0 Å². The molecule has 1 unspecified atom stereocenters. The Balaban J connectivity index is 0.00000363. The number of carbonyl (C=O) groups is 1. The van der Waals surface area contributed by atoms with Gasteiger partial charge in [0.2, 0.25) is 5.91 Å². The lowest BCUT2D eigenvalue weighted by Crippen LogP contribution is -2.40. The van der Waals surface area contributed by atoms with Crippen LogP contribution in [0.3, 0.4) is 0 Å². The van der Waals surface area contributed by atoms with Crippen LogP contribution in [0.5, 0.6) is 0 Å². The van der Waals surface area contributed by atoms with E-state index in [2.05, 4.69) is 79.0 Å². The lowest BCUT2D eigenvalue weighted by Gasteiger charge is -2.26. The van der Waals surface area contributed by atoms with Crippen molar-refractivity contribution in [2.45, 2.75) is 52.2 Å². The SMILES string of the molecule is CCNC(=NCc1ccccc1CN(C)C(C)C)NCC1CC(=O)Nc2ccccc21.I. The maximum atomic E-state index is 12.1. The van der Waals surface area contributed by atoms with Crippen LogP contribution in [0.1, 0.15) is 49.8 Å². The van der Waals surface area contributed by atoms with Crippen molar-refractivity contribution in [1.82, 2.24) is 15.5 Å². The molecule has 0 aliphatic carbocycles. The molecule has 1 amide bonds. The van der Waals surface area contributed by atoms with Crippen molar-refractivity contribution in [3.8, 4) is 0 Å². The van der Waals surface area contributed by atoms with E-state index < -0.39 is 0 Å². The summed E-state index contributed by atoms with van der Waals surface area (Å²) in [5.41, 5.74) is 4.62. The number of benzene rings is 2. The van der Waals surface area contributed by atoms with Crippen molar-refractivity contribution >= 4 is 41.5 Å². The first-order valence-corrected chi connectivity index (χ1v) is 11.2. The molecule has 174 valence electrons. The van der Waals surface area contributed by atoms with Gasteiger partial charge in [-0.15, -0.1) is 24.0 Å². The van der Waals surface area contributed by atoms with Gasteiger partial charge in [0, 0.05) is 43.7 Å². The van der Waals surface area contributed by atoms with E-state index in [1.807, 2.05) is 18.2 Å².